The maximum atomic E-state index is 11.3. The zero-order valence-corrected chi connectivity index (χ0v) is 8.90. The number of thioether (sulfide) groups is 2. The molecule has 1 aliphatic heterocycles. The van der Waals surface area contributed by atoms with E-state index in [0.717, 1.165) is 11.5 Å². The fraction of sp³-hybridized carbons (Fsp3) is 0.571. The van der Waals surface area contributed by atoms with E-state index in [1.807, 2.05) is 0 Å². The van der Waals surface area contributed by atoms with Gasteiger partial charge >= 0.3 is 0 Å². The second kappa shape index (κ2) is 5.04. The molecule has 0 atom stereocenters. The van der Waals surface area contributed by atoms with Crippen molar-refractivity contribution >= 4 is 41.0 Å². The third-order valence-electron chi connectivity index (χ3n) is 1.29. The van der Waals surface area contributed by atoms with Gasteiger partial charge in [0.15, 0.2) is 0 Å². The Kier molecular flexibility index (Phi) is 4.32. The first-order valence-electron chi connectivity index (χ1n) is 3.54. The van der Waals surface area contributed by atoms with Crippen molar-refractivity contribution < 1.29 is 4.79 Å². The zero-order valence-electron chi connectivity index (χ0n) is 6.51. The fourth-order valence-electron chi connectivity index (χ4n) is 0.776. The average molecular weight is 224 g/mol. The summed E-state index contributed by atoms with van der Waals surface area (Å²) in [7, 11) is 0. The lowest BCUT2D eigenvalue weighted by atomic mass is 10.6. The number of rotatable bonds is 3. The standard InChI is InChI=1S/C7H10ClNOS2/c1-5(8)4-9-6(10)7-11-2-3-12-7/h7H,1-4H2,(H,9,10). The van der Waals surface area contributed by atoms with E-state index in [1.165, 1.54) is 0 Å². The predicted molar refractivity (Wildman–Crippen MR) is 56.7 cm³/mol. The van der Waals surface area contributed by atoms with Crippen LogP contribution in [0.1, 0.15) is 0 Å². The highest BCUT2D eigenvalue weighted by molar-refractivity contribution is 8.21. The van der Waals surface area contributed by atoms with Crippen molar-refractivity contribution in [1.29, 1.82) is 0 Å². The van der Waals surface area contributed by atoms with E-state index in [1.54, 1.807) is 23.5 Å². The minimum Gasteiger partial charge on any atom is -0.349 e. The molecule has 1 rings (SSSR count). The quantitative estimate of drug-likeness (QED) is 0.789. The Morgan fingerprint density at radius 3 is 2.67 bits per heavy atom. The molecule has 0 saturated carbocycles. The van der Waals surface area contributed by atoms with Crippen LogP contribution in [0, 0.1) is 0 Å². The lowest BCUT2D eigenvalue weighted by Crippen LogP contribution is -2.30. The molecule has 1 N–H and O–H groups in total. The van der Waals surface area contributed by atoms with Crippen molar-refractivity contribution in [1.82, 2.24) is 5.32 Å². The van der Waals surface area contributed by atoms with Crippen LogP contribution in [0.5, 0.6) is 0 Å². The van der Waals surface area contributed by atoms with Crippen LogP contribution in [-0.4, -0.2) is 28.5 Å². The Labute approximate surface area is 85.5 Å². The highest BCUT2D eigenvalue weighted by Crippen LogP contribution is 2.31. The Bertz CT molecular complexity index is 192. The minimum atomic E-state index is 0.0565. The third-order valence-corrected chi connectivity index (χ3v) is 4.41. The van der Waals surface area contributed by atoms with Gasteiger partial charge in [-0.2, -0.15) is 0 Å². The first-order chi connectivity index (χ1) is 5.70. The topological polar surface area (TPSA) is 29.1 Å². The SMILES string of the molecule is C=C(Cl)CNC(=O)C1SCCS1. The lowest BCUT2D eigenvalue weighted by Gasteiger charge is -2.07. The first kappa shape index (κ1) is 10.3. The molecule has 1 amide bonds. The summed E-state index contributed by atoms with van der Waals surface area (Å²) in [6.07, 6.45) is 0. The van der Waals surface area contributed by atoms with Gasteiger partial charge in [-0.25, -0.2) is 0 Å². The number of hydrogen-bond donors (Lipinski definition) is 1. The summed E-state index contributed by atoms with van der Waals surface area (Å²) < 4.78 is 0.0565. The van der Waals surface area contributed by atoms with Crippen molar-refractivity contribution in [3.05, 3.63) is 11.6 Å². The van der Waals surface area contributed by atoms with Crippen LogP contribution in [0.4, 0.5) is 0 Å². The van der Waals surface area contributed by atoms with E-state index in [2.05, 4.69) is 11.9 Å². The monoisotopic (exact) mass is 223 g/mol. The van der Waals surface area contributed by atoms with Crippen molar-refractivity contribution in [3.63, 3.8) is 0 Å². The first-order valence-corrected chi connectivity index (χ1v) is 6.02. The van der Waals surface area contributed by atoms with E-state index in [-0.39, 0.29) is 10.5 Å². The Hall–Kier alpha value is 0.200. The second-order valence-corrected chi connectivity index (χ2v) is 5.57. The van der Waals surface area contributed by atoms with Gasteiger partial charge in [0, 0.05) is 16.5 Å². The van der Waals surface area contributed by atoms with Gasteiger partial charge in [0.05, 0.1) is 6.54 Å². The highest BCUT2D eigenvalue weighted by atomic mass is 35.5. The molecular formula is C7H10ClNOS2. The molecule has 2 nitrogen and oxygen atoms in total. The molecule has 0 aliphatic carbocycles. The largest absolute Gasteiger partial charge is 0.349 e. The molecule has 0 spiro atoms. The van der Waals surface area contributed by atoms with Crippen LogP contribution >= 0.6 is 35.1 Å². The van der Waals surface area contributed by atoms with Gasteiger partial charge in [0.1, 0.15) is 4.58 Å². The Balaban J connectivity index is 2.23. The molecule has 0 radical (unpaired) electrons. The molecule has 1 heterocycles. The summed E-state index contributed by atoms with van der Waals surface area (Å²) in [5.74, 6) is 2.18. The summed E-state index contributed by atoms with van der Waals surface area (Å²) in [5, 5.41) is 3.18. The number of carbonyl (C=O) groups excluding carboxylic acids is 1. The molecule has 0 aromatic carbocycles. The summed E-state index contributed by atoms with van der Waals surface area (Å²) in [6.45, 7) is 3.86. The van der Waals surface area contributed by atoms with Gasteiger partial charge < -0.3 is 5.32 Å². The maximum absolute atomic E-state index is 11.3. The number of nitrogens with one attached hydrogen (secondary N) is 1. The molecule has 1 aliphatic rings. The van der Waals surface area contributed by atoms with Crippen LogP contribution in [0.2, 0.25) is 0 Å². The summed E-state index contributed by atoms with van der Waals surface area (Å²) in [4.78, 5) is 11.3. The molecule has 12 heavy (non-hydrogen) atoms. The predicted octanol–water partition coefficient (Wildman–Crippen LogP) is 1.66. The zero-order chi connectivity index (χ0) is 8.97. The van der Waals surface area contributed by atoms with Gasteiger partial charge in [-0.1, -0.05) is 18.2 Å². The number of amides is 1. The molecular weight excluding hydrogens is 214 g/mol. The third kappa shape index (κ3) is 3.29. The van der Waals surface area contributed by atoms with Gasteiger partial charge in [0.25, 0.3) is 0 Å². The lowest BCUT2D eigenvalue weighted by molar-refractivity contribution is -0.118. The van der Waals surface area contributed by atoms with Gasteiger partial charge in [-0.15, -0.1) is 23.5 Å². The van der Waals surface area contributed by atoms with Gasteiger partial charge in [0.2, 0.25) is 5.91 Å². The number of carbonyl (C=O) groups is 1. The van der Waals surface area contributed by atoms with Crippen molar-refractivity contribution in [2.45, 2.75) is 4.58 Å². The maximum Gasteiger partial charge on any atom is 0.243 e. The molecule has 1 fully saturated rings. The minimum absolute atomic E-state index is 0.0565. The van der Waals surface area contributed by atoms with Crippen LogP contribution < -0.4 is 5.32 Å². The van der Waals surface area contributed by atoms with Crippen LogP contribution in [-0.2, 0) is 4.79 Å². The average Bonchev–Trinajstić information content (AvgIpc) is 2.51. The molecule has 0 aromatic heterocycles. The molecule has 0 unspecified atom stereocenters. The summed E-state index contributed by atoms with van der Waals surface area (Å²) in [5.41, 5.74) is 0. The van der Waals surface area contributed by atoms with Crippen LogP contribution in [0.3, 0.4) is 0 Å². The second-order valence-electron chi connectivity index (χ2n) is 2.31. The van der Waals surface area contributed by atoms with Crippen molar-refractivity contribution in [2.24, 2.45) is 0 Å². The van der Waals surface area contributed by atoms with Crippen molar-refractivity contribution in [2.75, 3.05) is 18.1 Å². The van der Waals surface area contributed by atoms with E-state index in [4.69, 9.17) is 11.6 Å². The summed E-state index contributed by atoms with van der Waals surface area (Å²) >= 11 is 8.87. The van der Waals surface area contributed by atoms with E-state index in [0.29, 0.717) is 11.6 Å². The molecule has 68 valence electrons. The van der Waals surface area contributed by atoms with Crippen molar-refractivity contribution in [3.8, 4) is 0 Å². The molecule has 0 aromatic rings. The van der Waals surface area contributed by atoms with E-state index in [9.17, 15) is 4.79 Å². The fourth-order valence-corrected chi connectivity index (χ4v) is 3.47. The molecule has 5 heteroatoms. The normalized spacial score (nSPS) is 17.8. The van der Waals surface area contributed by atoms with Crippen LogP contribution in [0.15, 0.2) is 11.6 Å². The Morgan fingerprint density at radius 2 is 2.17 bits per heavy atom. The smallest absolute Gasteiger partial charge is 0.243 e. The molecule has 0 bridgehead atoms. The van der Waals surface area contributed by atoms with E-state index < -0.39 is 0 Å². The van der Waals surface area contributed by atoms with Gasteiger partial charge in [-0.3, -0.25) is 4.79 Å². The number of halogens is 1. The Morgan fingerprint density at radius 1 is 1.58 bits per heavy atom. The molecule has 1 saturated heterocycles. The van der Waals surface area contributed by atoms with Crippen LogP contribution in [0.25, 0.3) is 0 Å². The van der Waals surface area contributed by atoms with Gasteiger partial charge in [-0.05, 0) is 0 Å². The highest BCUT2D eigenvalue weighted by Gasteiger charge is 2.23. The summed E-state index contributed by atoms with van der Waals surface area (Å²) in [6, 6.07) is 0. The number of hydrogen-bond acceptors (Lipinski definition) is 3. The van der Waals surface area contributed by atoms with E-state index >= 15 is 0 Å².